The Kier molecular flexibility index (Phi) is 6.73. The van der Waals surface area contributed by atoms with Gasteiger partial charge < -0.3 is 11.1 Å². The number of imide groups is 1. The van der Waals surface area contributed by atoms with Gasteiger partial charge in [0.25, 0.3) is 5.91 Å². The van der Waals surface area contributed by atoms with Gasteiger partial charge in [-0.1, -0.05) is 44.2 Å². The average molecular weight is 361 g/mol. The van der Waals surface area contributed by atoms with E-state index in [1.54, 1.807) is 18.3 Å². The van der Waals surface area contributed by atoms with E-state index in [4.69, 9.17) is 5.73 Å². The van der Waals surface area contributed by atoms with Gasteiger partial charge in [-0.2, -0.15) is 0 Å². The molecule has 0 aliphatic carbocycles. The molecule has 0 bridgehead atoms. The number of hydrogen-bond acceptors (Lipinski definition) is 3. The van der Waals surface area contributed by atoms with E-state index in [-0.39, 0.29) is 11.9 Å². The molecule has 0 radical (unpaired) electrons. The molecule has 5 N–H and O–H groups in total. The number of nitrogens with one attached hydrogen (secondary N) is 1. The summed E-state index contributed by atoms with van der Waals surface area (Å²) in [5.41, 5.74) is 7.49. The number of rotatable bonds is 7. The highest BCUT2D eigenvalue weighted by molar-refractivity contribution is 7.10. The van der Waals surface area contributed by atoms with Gasteiger partial charge in [0.05, 0.1) is 4.88 Å². The average Bonchev–Trinajstić information content (AvgIpc) is 3.12. The first-order chi connectivity index (χ1) is 11.9. The summed E-state index contributed by atoms with van der Waals surface area (Å²) in [6.45, 7) is 6.17. The van der Waals surface area contributed by atoms with Crippen LogP contribution in [0, 0.1) is 0 Å². The summed E-state index contributed by atoms with van der Waals surface area (Å²) < 4.78 is 0. The molecular formula is C19H26N3O2S+. The molecule has 0 unspecified atom stereocenters. The molecule has 2 rings (SSSR count). The van der Waals surface area contributed by atoms with E-state index in [1.807, 2.05) is 16.8 Å². The minimum absolute atomic E-state index is 0.000362. The zero-order valence-corrected chi connectivity index (χ0v) is 15.7. The smallest absolute Gasteiger partial charge is 0.319 e. The van der Waals surface area contributed by atoms with Crippen LogP contribution in [0.25, 0.3) is 0 Å². The molecule has 1 aromatic heterocycles. The zero-order chi connectivity index (χ0) is 18.4. The van der Waals surface area contributed by atoms with Crippen molar-refractivity contribution in [3.8, 4) is 0 Å². The van der Waals surface area contributed by atoms with Crippen molar-refractivity contribution >= 4 is 23.3 Å². The monoisotopic (exact) mass is 360 g/mol. The standard InChI is InChI=1S/C19H25N3O2S/c1-4-12(2)14-7-9-15(10-8-14)17(16-6-5-11-25-16)21-13(3)18(23)22-19(20)24/h5-13,17,21H,4H2,1-3H3,(H3,20,22,23,24)/p+1/t12-,13+,17+/m1/s1. The molecule has 1 aromatic carbocycles. The Morgan fingerprint density at radius 2 is 1.80 bits per heavy atom. The first kappa shape index (κ1) is 19.1. The molecule has 5 nitrogen and oxygen atoms in total. The molecule has 1 heterocycles. The Labute approximate surface area is 152 Å². The molecule has 2 aromatic rings. The van der Waals surface area contributed by atoms with Gasteiger partial charge >= 0.3 is 6.03 Å². The van der Waals surface area contributed by atoms with Crippen molar-refractivity contribution in [1.29, 1.82) is 0 Å². The second-order valence-electron chi connectivity index (χ2n) is 6.30. The minimum Gasteiger partial charge on any atom is -0.351 e. The number of amides is 3. The van der Waals surface area contributed by atoms with Gasteiger partial charge in [0.1, 0.15) is 6.04 Å². The van der Waals surface area contributed by atoms with Crippen LogP contribution in [0.2, 0.25) is 0 Å². The molecule has 0 aliphatic rings. The summed E-state index contributed by atoms with van der Waals surface area (Å²) in [6, 6.07) is 11.4. The number of hydrogen-bond donors (Lipinski definition) is 3. The van der Waals surface area contributed by atoms with Crippen LogP contribution in [0.15, 0.2) is 41.8 Å². The fourth-order valence-corrected chi connectivity index (χ4v) is 3.55. The highest BCUT2D eigenvalue weighted by Gasteiger charge is 2.26. The predicted molar refractivity (Wildman–Crippen MR) is 100 cm³/mol. The molecule has 3 amide bonds. The third kappa shape index (κ3) is 5.14. The highest BCUT2D eigenvalue weighted by Crippen LogP contribution is 2.25. The first-order valence-electron chi connectivity index (χ1n) is 8.50. The molecular weight excluding hydrogens is 334 g/mol. The Bertz CT molecular complexity index is 698. The van der Waals surface area contributed by atoms with E-state index in [1.165, 1.54) is 5.56 Å². The van der Waals surface area contributed by atoms with Crippen molar-refractivity contribution in [3.63, 3.8) is 0 Å². The Morgan fingerprint density at radius 3 is 2.32 bits per heavy atom. The predicted octanol–water partition coefficient (Wildman–Crippen LogP) is 2.50. The normalized spacial score (nSPS) is 14.5. The van der Waals surface area contributed by atoms with Crippen molar-refractivity contribution in [2.24, 2.45) is 5.73 Å². The van der Waals surface area contributed by atoms with Crippen molar-refractivity contribution < 1.29 is 14.9 Å². The van der Waals surface area contributed by atoms with Crippen molar-refractivity contribution in [2.75, 3.05) is 0 Å². The number of nitrogens with two attached hydrogens (primary N) is 2. The summed E-state index contributed by atoms with van der Waals surface area (Å²) in [7, 11) is 0. The van der Waals surface area contributed by atoms with Gasteiger partial charge in [-0.3, -0.25) is 10.1 Å². The molecule has 25 heavy (non-hydrogen) atoms. The third-order valence-corrected chi connectivity index (χ3v) is 5.42. The SMILES string of the molecule is CC[C@@H](C)c1ccc([C@H]([NH2+][C@@H](C)C(=O)NC(N)=O)c2cccs2)cc1. The zero-order valence-electron chi connectivity index (χ0n) is 14.9. The van der Waals surface area contributed by atoms with Gasteiger partial charge in [-0.25, -0.2) is 4.79 Å². The lowest BCUT2D eigenvalue weighted by Gasteiger charge is -2.19. The molecule has 0 spiro atoms. The molecule has 0 saturated heterocycles. The Hall–Kier alpha value is -2.18. The Morgan fingerprint density at radius 1 is 1.16 bits per heavy atom. The van der Waals surface area contributed by atoms with Gasteiger partial charge in [0.15, 0.2) is 6.04 Å². The van der Waals surface area contributed by atoms with E-state index in [2.05, 4.69) is 49.5 Å². The first-order valence-corrected chi connectivity index (χ1v) is 9.38. The fraction of sp³-hybridized carbons (Fsp3) is 0.368. The highest BCUT2D eigenvalue weighted by atomic mass is 32.1. The van der Waals surface area contributed by atoms with Gasteiger partial charge in [-0.15, -0.1) is 11.3 Å². The van der Waals surface area contributed by atoms with E-state index in [0.29, 0.717) is 5.92 Å². The summed E-state index contributed by atoms with van der Waals surface area (Å²) in [5, 5.41) is 6.13. The van der Waals surface area contributed by atoms with Crippen LogP contribution in [-0.4, -0.2) is 18.0 Å². The molecule has 0 fully saturated rings. The van der Waals surface area contributed by atoms with Crippen LogP contribution < -0.4 is 16.4 Å². The lowest BCUT2D eigenvalue weighted by Crippen LogP contribution is -2.92. The maximum Gasteiger partial charge on any atom is 0.319 e. The number of carbonyl (C=O) groups is 2. The summed E-state index contributed by atoms with van der Waals surface area (Å²) in [4.78, 5) is 24.1. The van der Waals surface area contributed by atoms with Crippen molar-refractivity contribution in [1.82, 2.24) is 5.32 Å². The topological polar surface area (TPSA) is 88.8 Å². The number of benzene rings is 1. The lowest BCUT2D eigenvalue weighted by molar-refractivity contribution is -0.704. The summed E-state index contributed by atoms with van der Waals surface area (Å²) in [6.07, 6.45) is 1.10. The molecule has 3 atom stereocenters. The molecule has 6 heteroatoms. The number of quaternary nitrogens is 1. The third-order valence-electron chi connectivity index (χ3n) is 4.47. The number of carbonyl (C=O) groups excluding carboxylic acids is 2. The van der Waals surface area contributed by atoms with Crippen LogP contribution in [0.1, 0.15) is 55.2 Å². The lowest BCUT2D eigenvalue weighted by atomic mass is 9.95. The number of primary amides is 1. The van der Waals surface area contributed by atoms with E-state index < -0.39 is 12.1 Å². The van der Waals surface area contributed by atoms with E-state index >= 15 is 0 Å². The number of urea groups is 1. The van der Waals surface area contributed by atoms with E-state index in [0.717, 1.165) is 16.9 Å². The largest absolute Gasteiger partial charge is 0.351 e. The number of thiophene rings is 1. The van der Waals surface area contributed by atoms with Crippen LogP contribution in [0.4, 0.5) is 4.79 Å². The quantitative estimate of drug-likeness (QED) is 0.708. The molecule has 0 saturated carbocycles. The van der Waals surface area contributed by atoms with Crippen molar-refractivity contribution in [3.05, 3.63) is 57.8 Å². The van der Waals surface area contributed by atoms with Crippen LogP contribution in [0.3, 0.4) is 0 Å². The summed E-state index contributed by atoms with van der Waals surface area (Å²) in [5.74, 6) is 0.142. The maximum absolute atomic E-state index is 12.0. The van der Waals surface area contributed by atoms with Gasteiger partial charge in [-0.05, 0) is 36.3 Å². The second-order valence-corrected chi connectivity index (χ2v) is 7.28. The molecule has 134 valence electrons. The van der Waals surface area contributed by atoms with Crippen molar-refractivity contribution in [2.45, 2.75) is 45.2 Å². The van der Waals surface area contributed by atoms with Gasteiger partial charge in [0, 0.05) is 5.56 Å². The van der Waals surface area contributed by atoms with Crippen LogP contribution >= 0.6 is 11.3 Å². The fourth-order valence-electron chi connectivity index (χ4n) is 2.72. The van der Waals surface area contributed by atoms with E-state index in [9.17, 15) is 9.59 Å². The summed E-state index contributed by atoms with van der Waals surface area (Å²) >= 11 is 1.65. The minimum atomic E-state index is -0.823. The van der Waals surface area contributed by atoms with Crippen LogP contribution in [-0.2, 0) is 4.79 Å². The maximum atomic E-state index is 12.0. The Balaban J connectivity index is 2.22. The molecule has 0 aliphatic heterocycles. The van der Waals surface area contributed by atoms with Crippen LogP contribution in [0.5, 0.6) is 0 Å². The second kappa shape index (κ2) is 8.78. The van der Waals surface area contributed by atoms with Gasteiger partial charge in [0.2, 0.25) is 0 Å².